The first-order chi connectivity index (χ1) is 13.9. The summed E-state index contributed by atoms with van der Waals surface area (Å²) in [5.74, 6) is -0.282. The summed E-state index contributed by atoms with van der Waals surface area (Å²) in [5.41, 5.74) is 1.07. The molecule has 0 fully saturated rings. The first-order valence-corrected chi connectivity index (χ1v) is 9.54. The van der Waals surface area contributed by atoms with Crippen LogP contribution in [0.1, 0.15) is 11.1 Å². The molecule has 1 N–H and O–H groups in total. The van der Waals surface area contributed by atoms with Crippen molar-refractivity contribution in [1.82, 2.24) is 24.9 Å². The van der Waals surface area contributed by atoms with Crippen molar-refractivity contribution in [3.8, 4) is 0 Å². The summed E-state index contributed by atoms with van der Waals surface area (Å²) in [5, 5.41) is 8.17. The van der Waals surface area contributed by atoms with Crippen molar-refractivity contribution in [3.05, 3.63) is 66.0 Å². The Morgan fingerprint density at radius 2 is 1.97 bits per heavy atom. The van der Waals surface area contributed by atoms with Gasteiger partial charge in [0.1, 0.15) is 6.33 Å². The van der Waals surface area contributed by atoms with E-state index in [4.69, 9.17) is 0 Å². The average Bonchev–Trinajstić information content (AvgIpc) is 3.14. The SMILES string of the molecule is O=C(CSc1nc2c3ccccc3ncn2n1)NCc1cccc(C(F)(F)F)c1. The minimum Gasteiger partial charge on any atom is -0.351 e. The van der Waals surface area contributed by atoms with Crippen LogP contribution in [0.2, 0.25) is 0 Å². The highest BCUT2D eigenvalue weighted by atomic mass is 32.2. The Kier molecular flexibility index (Phi) is 5.10. The second-order valence-electron chi connectivity index (χ2n) is 6.19. The normalized spacial score (nSPS) is 11.8. The molecule has 6 nitrogen and oxygen atoms in total. The molecule has 0 atom stereocenters. The van der Waals surface area contributed by atoms with Crippen molar-refractivity contribution in [2.75, 3.05) is 5.75 Å². The van der Waals surface area contributed by atoms with Gasteiger partial charge in [-0.2, -0.15) is 13.2 Å². The number of carbonyl (C=O) groups excluding carboxylic acids is 1. The maximum Gasteiger partial charge on any atom is 0.416 e. The number of thioether (sulfide) groups is 1. The third kappa shape index (κ3) is 4.32. The molecule has 2 aromatic heterocycles. The molecule has 148 valence electrons. The number of nitrogens with zero attached hydrogens (tertiary/aromatic N) is 4. The number of halogens is 3. The molecule has 0 aliphatic rings. The average molecular weight is 417 g/mol. The van der Waals surface area contributed by atoms with Crippen LogP contribution in [0.25, 0.3) is 16.6 Å². The number of benzene rings is 2. The van der Waals surface area contributed by atoms with Crippen molar-refractivity contribution in [3.63, 3.8) is 0 Å². The van der Waals surface area contributed by atoms with Gasteiger partial charge in [-0.1, -0.05) is 36.0 Å². The number of rotatable bonds is 5. The smallest absolute Gasteiger partial charge is 0.351 e. The van der Waals surface area contributed by atoms with Gasteiger partial charge in [0, 0.05) is 11.9 Å². The summed E-state index contributed by atoms with van der Waals surface area (Å²) in [6.45, 7) is 0.0104. The molecule has 0 bridgehead atoms. The van der Waals surface area contributed by atoms with Gasteiger partial charge in [-0.25, -0.2) is 14.5 Å². The summed E-state index contributed by atoms with van der Waals surface area (Å²) in [6.07, 6.45) is -2.86. The van der Waals surface area contributed by atoms with E-state index < -0.39 is 11.7 Å². The Hall–Kier alpha value is -3.14. The minimum atomic E-state index is -4.41. The van der Waals surface area contributed by atoms with E-state index in [2.05, 4.69) is 20.4 Å². The third-order valence-corrected chi connectivity index (χ3v) is 4.98. The topological polar surface area (TPSA) is 72.2 Å². The van der Waals surface area contributed by atoms with Crippen molar-refractivity contribution in [1.29, 1.82) is 0 Å². The summed E-state index contributed by atoms with van der Waals surface area (Å²) in [7, 11) is 0. The van der Waals surface area contributed by atoms with Crippen LogP contribution >= 0.6 is 11.8 Å². The number of alkyl halides is 3. The van der Waals surface area contributed by atoms with Crippen LogP contribution in [0.5, 0.6) is 0 Å². The Labute approximate surface area is 167 Å². The third-order valence-electron chi connectivity index (χ3n) is 4.14. The zero-order chi connectivity index (χ0) is 20.4. The zero-order valence-electron chi connectivity index (χ0n) is 14.8. The number of hydrogen-bond acceptors (Lipinski definition) is 5. The number of aromatic nitrogens is 4. The highest BCUT2D eigenvalue weighted by Crippen LogP contribution is 2.29. The predicted octanol–water partition coefficient (Wildman–Crippen LogP) is 3.70. The van der Waals surface area contributed by atoms with Crippen molar-refractivity contribution < 1.29 is 18.0 Å². The van der Waals surface area contributed by atoms with E-state index >= 15 is 0 Å². The van der Waals surface area contributed by atoms with Crippen LogP contribution < -0.4 is 5.32 Å². The fraction of sp³-hybridized carbons (Fsp3) is 0.158. The molecule has 1 amide bonds. The van der Waals surface area contributed by atoms with E-state index in [1.165, 1.54) is 12.1 Å². The van der Waals surface area contributed by atoms with E-state index in [0.29, 0.717) is 16.4 Å². The fourth-order valence-electron chi connectivity index (χ4n) is 2.76. The minimum absolute atomic E-state index is 0.0104. The second-order valence-corrected chi connectivity index (χ2v) is 7.13. The quantitative estimate of drug-likeness (QED) is 0.502. The van der Waals surface area contributed by atoms with Crippen LogP contribution in [0, 0.1) is 0 Å². The number of fused-ring (bicyclic) bond motifs is 3. The monoisotopic (exact) mass is 417 g/mol. The van der Waals surface area contributed by atoms with Crippen molar-refractivity contribution >= 4 is 34.2 Å². The first kappa shape index (κ1) is 19.2. The van der Waals surface area contributed by atoms with E-state index in [0.717, 1.165) is 34.8 Å². The molecule has 0 aliphatic carbocycles. The number of amides is 1. The largest absolute Gasteiger partial charge is 0.416 e. The lowest BCUT2D eigenvalue weighted by Crippen LogP contribution is -2.24. The van der Waals surface area contributed by atoms with E-state index in [9.17, 15) is 18.0 Å². The van der Waals surface area contributed by atoms with Gasteiger partial charge in [-0.05, 0) is 29.8 Å². The van der Waals surface area contributed by atoms with Crippen LogP contribution in [0.3, 0.4) is 0 Å². The molecule has 10 heteroatoms. The van der Waals surface area contributed by atoms with Crippen molar-refractivity contribution in [2.24, 2.45) is 0 Å². The van der Waals surface area contributed by atoms with E-state index in [1.807, 2.05) is 24.3 Å². The Morgan fingerprint density at radius 3 is 2.79 bits per heavy atom. The lowest BCUT2D eigenvalue weighted by atomic mass is 10.1. The number of carbonyl (C=O) groups is 1. The van der Waals surface area contributed by atoms with Gasteiger partial charge >= 0.3 is 6.18 Å². The molecular formula is C19H14F3N5OS. The number of hydrogen-bond donors (Lipinski definition) is 1. The zero-order valence-corrected chi connectivity index (χ0v) is 15.7. The molecule has 0 aliphatic heterocycles. The summed E-state index contributed by atoms with van der Waals surface area (Å²) in [6, 6.07) is 12.4. The lowest BCUT2D eigenvalue weighted by molar-refractivity contribution is -0.137. The van der Waals surface area contributed by atoms with Gasteiger partial charge < -0.3 is 5.32 Å². The van der Waals surface area contributed by atoms with Gasteiger partial charge in [0.05, 0.1) is 16.8 Å². The molecule has 0 saturated carbocycles. The van der Waals surface area contributed by atoms with Crippen LogP contribution in [0.15, 0.2) is 60.0 Å². The van der Waals surface area contributed by atoms with Crippen LogP contribution in [-0.2, 0) is 17.5 Å². The molecule has 0 spiro atoms. The van der Waals surface area contributed by atoms with Crippen molar-refractivity contribution in [2.45, 2.75) is 17.9 Å². The molecule has 29 heavy (non-hydrogen) atoms. The summed E-state index contributed by atoms with van der Waals surface area (Å²) in [4.78, 5) is 20.8. The predicted molar refractivity (Wildman–Crippen MR) is 102 cm³/mol. The standard InChI is InChI=1S/C19H14F3N5OS/c20-19(21,22)13-5-3-4-12(8-13)9-23-16(28)10-29-18-25-17-14-6-1-2-7-15(14)24-11-27(17)26-18/h1-8,11H,9-10H2,(H,23,28). The Bertz CT molecular complexity index is 1190. The molecule has 0 radical (unpaired) electrons. The molecule has 4 aromatic rings. The molecule has 2 heterocycles. The van der Waals surface area contributed by atoms with Gasteiger partial charge in [0.15, 0.2) is 5.65 Å². The first-order valence-electron chi connectivity index (χ1n) is 8.56. The lowest BCUT2D eigenvalue weighted by Gasteiger charge is -2.09. The Morgan fingerprint density at radius 1 is 1.14 bits per heavy atom. The molecule has 0 saturated heterocycles. The number of para-hydroxylation sites is 1. The fourth-order valence-corrected chi connectivity index (χ4v) is 3.42. The highest BCUT2D eigenvalue weighted by Gasteiger charge is 2.30. The molecular weight excluding hydrogens is 403 g/mol. The van der Waals surface area contributed by atoms with Gasteiger partial charge in [-0.3, -0.25) is 4.79 Å². The maximum atomic E-state index is 12.7. The molecule has 0 unspecified atom stereocenters. The second kappa shape index (κ2) is 7.70. The number of nitrogens with one attached hydrogen (secondary N) is 1. The van der Waals surface area contributed by atoms with E-state index in [-0.39, 0.29) is 18.2 Å². The molecule has 4 rings (SSSR count). The molecule has 2 aromatic carbocycles. The van der Waals surface area contributed by atoms with E-state index in [1.54, 1.807) is 10.8 Å². The highest BCUT2D eigenvalue weighted by molar-refractivity contribution is 7.99. The van der Waals surface area contributed by atoms with Gasteiger partial charge in [0.2, 0.25) is 11.1 Å². The van der Waals surface area contributed by atoms with Gasteiger partial charge in [-0.15, -0.1) is 5.10 Å². The Balaban J connectivity index is 1.38. The van der Waals surface area contributed by atoms with Crippen LogP contribution in [-0.4, -0.2) is 31.2 Å². The van der Waals surface area contributed by atoms with Gasteiger partial charge in [0.25, 0.3) is 0 Å². The summed E-state index contributed by atoms with van der Waals surface area (Å²) < 4.78 is 39.8. The van der Waals surface area contributed by atoms with Crippen LogP contribution in [0.4, 0.5) is 13.2 Å². The maximum absolute atomic E-state index is 12.7. The summed E-state index contributed by atoms with van der Waals surface area (Å²) >= 11 is 1.14.